The van der Waals surface area contributed by atoms with E-state index in [2.05, 4.69) is 72.2 Å². The van der Waals surface area contributed by atoms with Gasteiger partial charge >= 0.3 is 0 Å². The molecule has 1 heterocycles. The van der Waals surface area contributed by atoms with Crippen LogP contribution in [0.2, 0.25) is 0 Å². The van der Waals surface area contributed by atoms with Gasteiger partial charge in [0.2, 0.25) is 0 Å². The van der Waals surface area contributed by atoms with Crippen LogP contribution < -0.4 is 5.73 Å². The smallest absolute Gasteiger partial charge is 0.0833 e. The second-order valence-electron chi connectivity index (χ2n) is 7.04. The Kier molecular flexibility index (Phi) is 4.80. The molecule has 3 heteroatoms. The Morgan fingerprint density at radius 2 is 1.63 bits per heavy atom. The molecule has 0 amide bonds. The first kappa shape index (κ1) is 17.5. The van der Waals surface area contributed by atoms with Gasteiger partial charge in [-0.25, -0.2) is 0 Å². The molecule has 0 aliphatic heterocycles. The predicted molar refractivity (Wildman–Crippen MR) is 111 cm³/mol. The highest BCUT2D eigenvalue weighted by Gasteiger charge is 2.10. The van der Waals surface area contributed by atoms with E-state index in [4.69, 9.17) is 5.73 Å². The maximum Gasteiger partial charge on any atom is 0.0833 e. The van der Waals surface area contributed by atoms with E-state index >= 15 is 0 Å². The number of aromatic nitrogens is 1. The molecule has 0 saturated heterocycles. The minimum atomic E-state index is 0.0263. The standard InChI is InChI=1S/C24H24N2O/c1-17-5-7-18(8-6-17)15-26-23(16-27)13-22-12-21(9-10-24(22)26)20-4-2-3-19(11-20)14-25/h2-13,27H,14-16,25H2,1H3. The van der Waals surface area contributed by atoms with Crippen molar-refractivity contribution in [2.75, 3.05) is 0 Å². The van der Waals surface area contributed by atoms with Crippen LogP contribution in [-0.4, -0.2) is 9.67 Å². The summed E-state index contributed by atoms with van der Waals surface area (Å²) in [6.45, 7) is 3.41. The Hall–Kier alpha value is -2.88. The molecule has 0 atom stereocenters. The first-order valence-corrected chi connectivity index (χ1v) is 9.26. The number of nitrogens with zero attached hydrogens (tertiary/aromatic N) is 1. The molecule has 3 aromatic carbocycles. The fourth-order valence-corrected chi connectivity index (χ4v) is 3.58. The van der Waals surface area contributed by atoms with Crippen LogP contribution in [0.15, 0.2) is 72.8 Å². The third kappa shape index (κ3) is 3.52. The quantitative estimate of drug-likeness (QED) is 0.548. The topological polar surface area (TPSA) is 51.2 Å². The zero-order chi connectivity index (χ0) is 18.8. The van der Waals surface area contributed by atoms with E-state index < -0.39 is 0 Å². The van der Waals surface area contributed by atoms with Crippen LogP contribution in [-0.2, 0) is 19.7 Å². The molecule has 0 aliphatic rings. The summed E-state index contributed by atoms with van der Waals surface area (Å²) < 4.78 is 2.19. The Morgan fingerprint density at radius 3 is 2.37 bits per heavy atom. The lowest BCUT2D eigenvalue weighted by atomic mass is 10.0. The molecule has 0 spiro atoms. The predicted octanol–water partition coefficient (Wildman–Crippen LogP) is 4.62. The van der Waals surface area contributed by atoms with Crippen LogP contribution in [0, 0.1) is 6.92 Å². The molecule has 0 radical (unpaired) electrons. The molecular weight excluding hydrogens is 332 g/mol. The summed E-state index contributed by atoms with van der Waals surface area (Å²) in [4.78, 5) is 0. The van der Waals surface area contributed by atoms with Gasteiger partial charge in [0.05, 0.1) is 6.61 Å². The zero-order valence-corrected chi connectivity index (χ0v) is 15.5. The molecular formula is C24H24N2O. The largest absolute Gasteiger partial charge is 0.390 e. The number of nitrogens with two attached hydrogens (primary N) is 1. The number of aliphatic hydroxyl groups is 1. The average molecular weight is 356 g/mol. The van der Waals surface area contributed by atoms with Crippen molar-refractivity contribution in [3.63, 3.8) is 0 Å². The van der Waals surface area contributed by atoms with E-state index in [1.165, 1.54) is 11.1 Å². The molecule has 0 aliphatic carbocycles. The Balaban J connectivity index is 1.75. The van der Waals surface area contributed by atoms with Crippen molar-refractivity contribution in [2.45, 2.75) is 26.6 Å². The number of benzene rings is 3. The molecule has 4 rings (SSSR count). The average Bonchev–Trinajstić information content (AvgIpc) is 3.06. The van der Waals surface area contributed by atoms with Crippen LogP contribution >= 0.6 is 0 Å². The van der Waals surface area contributed by atoms with Gasteiger partial charge < -0.3 is 15.4 Å². The molecule has 3 N–H and O–H groups in total. The maximum atomic E-state index is 9.86. The minimum absolute atomic E-state index is 0.0263. The molecule has 27 heavy (non-hydrogen) atoms. The Labute approximate surface area is 159 Å². The highest BCUT2D eigenvalue weighted by molar-refractivity contribution is 5.86. The molecule has 0 saturated carbocycles. The number of rotatable bonds is 5. The second kappa shape index (κ2) is 7.39. The van der Waals surface area contributed by atoms with Crippen LogP contribution in [0.3, 0.4) is 0 Å². The van der Waals surface area contributed by atoms with Gasteiger partial charge in [-0.3, -0.25) is 0 Å². The van der Waals surface area contributed by atoms with Crippen molar-refractivity contribution in [3.05, 3.63) is 95.2 Å². The summed E-state index contributed by atoms with van der Waals surface area (Å²) >= 11 is 0. The summed E-state index contributed by atoms with van der Waals surface area (Å²) in [6.07, 6.45) is 0. The first-order valence-electron chi connectivity index (χ1n) is 9.26. The van der Waals surface area contributed by atoms with E-state index in [-0.39, 0.29) is 6.61 Å². The summed E-state index contributed by atoms with van der Waals surface area (Å²) in [5, 5.41) is 11.0. The molecule has 0 bridgehead atoms. The second-order valence-corrected chi connectivity index (χ2v) is 7.04. The lowest BCUT2D eigenvalue weighted by molar-refractivity contribution is 0.272. The lowest BCUT2D eigenvalue weighted by Gasteiger charge is -2.11. The third-order valence-electron chi connectivity index (χ3n) is 5.11. The number of hydrogen-bond donors (Lipinski definition) is 2. The van der Waals surface area contributed by atoms with Gasteiger partial charge in [-0.1, -0.05) is 54.1 Å². The maximum absolute atomic E-state index is 9.86. The van der Waals surface area contributed by atoms with Crippen LogP contribution in [0.5, 0.6) is 0 Å². The van der Waals surface area contributed by atoms with Crippen LogP contribution in [0.25, 0.3) is 22.0 Å². The van der Waals surface area contributed by atoms with Gasteiger partial charge in [-0.05, 0) is 53.4 Å². The minimum Gasteiger partial charge on any atom is -0.390 e. The van der Waals surface area contributed by atoms with E-state index in [0.29, 0.717) is 6.54 Å². The normalized spacial score (nSPS) is 11.2. The van der Waals surface area contributed by atoms with Crippen molar-refractivity contribution < 1.29 is 5.11 Å². The fourth-order valence-electron chi connectivity index (χ4n) is 3.58. The molecule has 136 valence electrons. The van der Waals surface area contributed by atoms with E-state index in [9.17, 15) is 5.11 Å². The van der Waals surface area contributed by atoms with Crippen molar-refractivity contribution >= 4 is 10.9 Å². The van der Waals surface area contributed by atoms with Crippen LogP contribution in [0.4, 0.5) is 0 Å². The molecule has 3 nitrogen and oxygen atoms in total. The lowest BCUT2D eigenvalue weighted by Crippen LogP contribution is -2.04. The van der Waals surface area contributed by atoms with Crippen molar-refractivity contribution in [3.8, 4) is 11.1 Å². The molecule has 4 aromatic rings. The van der Waals surface area contributed by atoms with Crippen molar-refractivity contribution in [2.24, 2.45) is 5.73 Å². The van der Waals surface area contributed by atoms with Gasteiger partial charge in [0.1, 0.15) is 0 Å². The third-order valence-corrected chi connectivity index (χ3v) is 5.11. The van der Waals surface area contributed by atoms with Crippen molar-refractivity contribution in [1.29, 1.82) is 0 Å². The SMILES string of the molecule is Cc1ccc(Cn2c(CO)cc3cc(-c4cccc(CN)c4)ccc32)cc1. The van der Waals surface area contributed by atoms with Gasteiger partial charge in [-0.15, -0.1) is 0 Å². The molecule has 0 fully saturated rings. The number of hydrogen-bond acceptors (Lipinski definition) is 2. The number of fused-ring (bicyclic) bond motifs is 1. The molecule has 0 unspecified atom stereocenters. The molecule has 1 aromatic heterocycles. The monoisotopic (exact) mass is 356 g/mol. The van der Waals surface area contributed by atoms with Gasteiger partial charge in [0.15, 0.2) is 0 Å². The van der Waals surface area contributed by atoms with Gasteiger partial charge in [-0.2, -0.15) is 0 Å². The zero-order valence-electron chi connectivity index (χ0n) is 15.5. The fraction of sp³-hybridized carbons (Fsp3) is 0.167. The Bertz CT molecular complexity index is 1080. The first-order chi connectivity index (χ1) is 13.2. The summed E-state index contributed by atoms with van der Waals surface area (Å²) in [5.74, 6) is 0. The summed E-state index contributed by atoms with van der Waals surface area (Å²) in [5.41, 5.74) is 13.8. The van der Waals surface area contributed by atoms with E-state index in [1.807, 2.05) is 12.1 Å². The highest BCUT2D eigenvalue weighted by atomic mass is 16.3. The Morgan fingerprint density at radius 1 is 0.852 bits per heavy atom. The van der Waals surface area contributed by atoms with Gasteiger partial charge in [0, 0.05) is 29.7 Å². The van der Waals surface area contributed by atoms with Gasteiger partial charge in [0.25, 0.3) is 0 Å². The van der Waals surface area contributed by atoms with E-state index in [1.54, 1.807) is 0 Å². The van der Waals surface area contributed by atoms with Crippen molar-refractivity contribution in [1.82, 2.24) is 4.57 Å². The van der Waals surface area contributed by atoms with Crippen LogP contribution in [0.1, 0.15) is 22.4 Å². The van der Waals surface area contributed by atoms with E-state index in [0.717, 1.165) is 39.8 Å². The number of aliphatic hydroxyl groups excluding tert-OH is 1. The summed E-state index contributed by atoms with van der Waals surface area (Å²) in [7, 11) is 0. The number of aryl methyl sites for hydroxylation is 1. The highest BCUT2D eigenvalue weighted by Crippen LogP contribution is 2.28. The summed E-state index contributed by atoms with van der Waals surface area (Å²) in [6, 6.07) is 25.4.